The molecule has 0 aliphatic carbocycles. The SMILES string of the molecule is CC(C)[C@H](O[C@H]1CCCCO1)[C@H](C)C=O. The van der Waals surface area contributed by atoms with Crippen LogP contribution in [-0.2, 0) is 14.3 Å². The maximum absolute atomic E-state index is 10.8. The van der Waals surface area contributed by atoms with Crippen molar-refractivity contribution in [1.29, 1.82) is 0 Å². The molecule has 1 rings (SSSR count). The first-order valence-corrected chi connectivity index (χ1v) is 5.87. The molecule has 1 saturated heterocycles. The Balaban J connectivity index is 2.45. The van der Waals surface area contributed by atoms with Gasteiger partial charge in [-0.25, -0.2) is 0 Å². The normalized spacial score (nSPS) is 26.3. The van der Waals surface area contributed by atoms with E-state index < -0.39 is 0 Å². The quantitative estimate of drug-likeness (QED) is 0.659. The highest BCUT2D eigenvalue weighted by molar-refractivity contribution is 5.53. The lowest BCUT2D eigenvalue weighted by atomic mass is 9.96. The van der Waals surface area contributed by atoms with Crippen LogP contribution in [0.15, 0.2) is 0 Å². The Hall–Kier alpha value is -0.410. The summed E-state index contributed by atoms with van der Waals surface area (Å²) >= 11 is 0. The van der Waals surface area contributed by atoms with Crippen molar-refractivity contribution < 1.29 is 14.3 Å². The van der Waals surface area contributed by atoms with Crippen molar-refractivity contribution in [3.63, 3.8) is 0 Å². The fraction of sp³-hybridized carbons (Fsp3) is 0.917. The first-order valence-electron chi connectivity index (χ1n) is 5.87. The number of carbonyl (C=O) groups excluding carboxylic acids is 1. The summed E-state index contributed by atoms with van der Waals surface area (Å²) in [7, 11) is 0. The maximum atomic E-state index is 10.8. The first-order chi connectivity index (χ1) is 7.15. The lowest BCUT2D eigenvalue weighted by Gasteiger charge is -2.31. The van der Waals surface area contributed by atoms with Gasteiger partial charge in [0.25, 0.3) is 0 Å². The largest absolute Gasteiger partial charge is 0.353 e. The first kappa shape index (κ1) is 12.7. The van der Waals surface area contributed by atoms with Crippen molar-refractivity contribution in [2.24, 2.45) is 11.8 Å². The van der Waals surface area contributed by atoms with Gasteiger partial charge in [0.15, 0.2) is 6.29 Å². The van der Waals surface area contributed by atoms with E-state index in [1.54, 1.807) is 0 Å². The molecule has 0 amide bonds. The van der Waals surface area contributed by atoms with Crippen LogP contribution in [0.25, 0.3) is 0 Å². The van der Waals surface area contributed by atoms with Gasteiger partial charge in [-0.15, -0.1) is 0 Å². The fourth-order valence-corrected chi connectivity index (χ4v) is 1.96. The second-order valence-electron chi connectivity index (χ2n) is 4.64. The van der Waals surface area contributed by atoms with E-state index in [9.17, 15) is 4.79 Å². The molecule has 15 heavy (non-hydrogen) atoms. The molecule has 0 bridgehead atoms. The van der Waals surface area contributed by atoms with Crippen LogP contribution < -0.4 is 0 Å². The molecule has 3 heteroatoms. The van der Waals surface area contributed by atoms with E-state index >= 15 is 0 Å². The molecule has 0 saturated carbocycles. The van der Waals surface area contributed by atoms with Crippen LogP contribution in [0.3, 0.4) is 0 Å². The lowest BCUT2D eigenvalue weighted by Crippen LogP contribution is -2.35. The fourth-order valence-electron chi connectivity index (χ4n) is 1.96. The van der Waals surface area contributed by atoms with Gasteiger partial charge in [-0.1, -0.05) is 20.8 Å². The molecule has 1 aliphatic heterocycles. The molecule has 0 aromatic rings. The van der Waals surface area contributed by atoms with Crippen LogP contribution in [0.4, 0.5) is 0 Å². The molecular weight excluding hydrogens is 192 g/mol. The van der Waals surface area contributed by atoms with Crippen molar-refractivity contribution in [2.45, 2.75) is 52.4 Å². The molecule has 3 atom stereocenters. The highest BCUT2D eigenvalue weighted by atomic mass is 16.7. The molecular formula is C12H22O3. The molecule has 0 unspecified atom stereocenters. The predicted molar refractivity (Wildman–Crippen MR) is 58.5 cm³/mol. The standard InChI is InChI=1S/C12H22O3/c1-9(2)12(10(3)8-13)15-11-6-4-5-7-14-11/h8-12H,4-7H2,1-3H3/t10-,11+,12+/m1/s1. The summed E-state index contributed by atoms with van der Waals surface area (Å²) in [6.45, 7) is 6.84. The molecule has 0 radical (unpaired) electrons. The zero-order valence-corrected chi connectivity index (χ0v) is 9.94. The van der Waals surface area contributed by atoms with Crippen molar-refractivity contribution >= 4 is 6.29 Å². The van der Waals surface area contributed by atoms with Gasteiger partial charge >= 0.3 is 0 Å². The Bertz CT molecular complexity index is 185. The monoisotopic (exact) mass is 214 g/mol. The molecule has 1 fully saturated rings. The average molecular weight is 214 g/mol. The third-order valence-electron chi connectivity index (χ3n) is 2.84. The summed E-state index contributed by atoms with van der Waals surface area (Å²) in [5.41, 5.74) is 0. The highest BCUT2D eigenvalue weighted by Gasteiger charge is 2.26. The van der Waals surface area contributed by atoms with Gasteiger partial charge in [-0.3, -0.25) is 0 Å². The number of ether oxygens (including phenoxy) is 2. The second kappa shape index (κ2) is 6.23. The van der Waals surface area contributed by atoms with Crippen LogP contribution >= 0.6 is 0 Å². The van der Waals surface area contributed by atoms with E-state index in [2.05, 4.69) is 13.8 Å². The lowest BCUT2D eigenvalue weighted by molar-refractivity contribution is -0.204. The topological polar surface area (TPSA) is 35.5 Å². The number of carbonyl (C=O) groups is 1. The van der Waals surface area contributed by atoms with Crippen molar-refractivity contribution in [1.82, 2.24) is 0 Å². The minimum absolute atomic E-state index is 0.0226. The van der Waals surface area contributed by atoms with E-state index in [0.717, 1.165) is 32.2 Å². The number of hydrogen-bond donors (Lipinski definition) is 0. The Morgan fingerprint density at radius 2 is 2.07 bits per heavy atom. The molecule has 88 valence electrons. The Morgan fingerprint density at radius 3 is 2.53 bits per heavy atom. The summed E-state index contributed by atoms with van der Waals surface area (Å²) in [5, 5.41) is 0. The summed E-state index contributed by atoms with van der Waals surface area (Å²) in [6.07, 6.45) is 4.07. The van der Waals surface area contributed by atoms with Gasteiger partial charge in [-0.2, -0.15) is 0 Å². The van der Waals surface area contributed by atoms with Gasteiger partial charge in [0, 0.05) is 12.5 Å². The van der Waals surface area contributed by atoms with E-state index in [1.807, 2.05) is 6.92 Å². The molecule has 0 aromatic carbocycles. The molecule has 1 heterocycles. The van der Waals surface area contributed by atoms with E-state index in [0.29, 0.717) is 5.92 Å². The predicted octanol–water partition coefficient (Wildman–Crippen LogP) is 2.39. The highest BCUT2D eigenvalue weighted by Crippen LogP contribution is 2.22. The summed E-state index contributed by atoms with van der Waals surface area (Å²) < 4.78 is 11.4. The maximum Gasteiger partial charge on any atom is 0.157 e. The zero-order valence-electron chi connectivity index (χ0n) is 9.94. The summed E-state index contributed by atoms with van der Waals surface area (Å²) in [5.74, 6) is 0.284. The number of rotatable bonds is 5. The minimum Gasteiger partial charge on any atom is -0.353 e. The molecule has 0 aromatic heterocycles. The minimum atomic E-state index is -0.103. The van der Waals surface area contributed by atoms with Crippen molar-refractivity contribution in [3.05, 3.63) is 0 Å². The summed E-state index contributed by atoms with van der Waals surface area (Å²) in [4.78, 5) is 10.8. The van der Waals surface area contributed by atoms with Crippen molar-refractivity contribution in [2.75, 3.05) is 6.61 Å². The molecule has 1 aliphatic rings. The Morgan fingerprint density at radius 1 is 1.33 bits per heavy atom. The van der Waals surface area contributed by atoms with Gasteiger partial charge < -0.3 is 14.3 Å². The van der Waals surface area contributed by atoms with Crippen LogP contribution in [0.1, 0.15) is 40.0 Å². The van der Waals surface area contributed by atoms with Crippen LogP contribution in [0, 0.1) is 11.8 Å². The third-order valence-corrected chi connectivity index (χ3v) is 2.84. The van der Waals surface area contributed by atoms with Gasteiger partial charge in [0.1, 0.15) is 6.29 Å². The van der Waals surface area contributed by atoms with Gasteiger partial charge in [-0.05, 0) is 25.2 Å². The van der Waals surface area contributed by atoms with E-state index in [1.165, 1.54) is 0 Å². The third kappa shape index (κ3) is 3.92. The van der Waals surface area contributed by atoms with Gasteiger partial charge in [0.05, 0.1) is 6.10 Å². The summed E-state index contributed by atoms with van der Waals surface area (Å²) in [6, 6.07) is 0. The number of aldehydes is 1. The van der Waals surface area contributed by atoms with Gasteiger partial charge in [0.2, 0.25) is 0 Å². The van der Waals surface area contributed by atoms with E-state index in [4.69, 9.17) is 9.47 Å². The van der Waals surface area contributed by atoms with Crippen LogP contribution in [-0.4, -0.2) is 25.3 Å². The Kier molecular flexibility index (Phi) is 5.26. The molecule has 0 spiro atoms. The van der Waals surface area contributed by atoms with Crippen LogP contribution in [0.5, 0.6) is 0 Å². The Labute approximate surface area is 92.1 Å². The van der Waals surface area contributed by atoms with Crippen LogP contribution in [0.2, 0.25) is 0 Å². The number of hydrogen-bond acceptors (Lipinski definition) is 3. The molecule has 3 nitrogen and oxygen atoms in total. The second-order valence-corrected chi connectivity index (χ2v) is 4.64. The zero-order chi connectivity index (χ0) is 11.3. The smallest absolute Gasteiger partial charge is 0.157 e. The molecule has 0 N–H and O–H groups in total. The average Bonchev–Trinajstić information content (AvgIpc) is 2.26. The van der Waals surface area contributed by atoms with Crippen molar-refractivity contribution in [3.8, 4) is 0 Å². The van der Waals surface area contributed by atoms with E-state index in [-0.39, 0.29) is 18.3 Å².